The second-order valence-corrected chi connectivity index (χ2v) is 3.66. The Morgan fingerprint density at radius 1 is 1.44 bits per heavy atom. The van der Waals surface area contributed by atoms with Crippen LogP contribution in [0.2, 0.25) is 5.02 Å². The lowest BCUT2D eigenvalue weighted by Crippen LogP contribution is -1.98. The largest absolute Gasteiger partial charge is 0.445 e. The summed E-state index contributed by atoms with van der Waals surface area (Å²) in [6.45, 7) is 0.703. The molecule has 0 aliphatic carbocycles. The van der Waals surface area contributed by atoms with Crippen LogP contribution in [0.15, 0.2) is 34.9 Å². The van der Waals surface area contributed by atoms with Crippen molar-refractivity contribution in [2.24, 2.45) is 5.73 Å². The predicted octanol–water partition coefficient (Wildman–Crippen LogP) is 2.37. The van der Waals surface area contributed by atoms with E-state index in [1.807, 2.05) is 24.3 Å². The van der Waals surface area contributed by atoms with Crippen LogP contribution in [0.4, 0.5) is 0 Å². The molecule has 16 heavy (non-hydrogen) atoms. The van der Waals surface area contributed by atoms with Gasteiger partial charge in [-0.15, -0.1) is 0 Å². The van der Waals surface area contributed by atoms with E-state index < -0.39 is 0 Å². The molecule has 0 atom stereocenters. The first-order valence-electron chi connectivity index (χ1n) is 4.79. The lowest BCUT2D eigenvalue weighted by atomic mass is 10.2. The van der Waals surface area contributed by atoms with Gasteiger partial charge in [0.15, 0.2) is 0 Å². The average molecular weight is 239 g/mol. The highest BCUT2D eigenvalue weighted by Gasteiger charge is 2.03. The van der Waals surface area contributed by atoms with Crippen LogP contribution in [0.1, 0.15) is 11.3 Å². The fraction of sp³-hybridized carbons (Fsp3) is 0.182. The molecule has 1 heterocycles. The zero-order valence-corrected chi connectivity index (χ0v) is 9.28. The van der Waals surface area contributed by atoms with Gasteiger partial charge in [-0.05, 0) is 17.7 Å². The van der Waals surface area contributed by atoms with Gasteiger partial charge in [0, 0.05) is 11.6 Å². The SMILES string of the molecule is NCc1coc(OCc2cccc(Cl)c2)n1. The van der Waals surface area contributed by atoms with Crippen molar-refractivity contribution in [3.63, 3.8) is 0 Å². The van der Waals surface area contributed by atoms with Crippen LogP contribution in [-0.2, 0) is 13.2 Å². The van der Waals surface area contributed by atoms with E-state index in [9.17, 15) is 0 Å². The van der Waals surface area contributed by atoms with E-state index in [2.05, 4.69) is 4.98 Å². The van der Waals surface area contributed by atoms with Crippen LogP contribution in [0.25, 0.3) is 0 Å². The molecule has 0 unspecified atom stereocenters. The summed E-state index contributed by atoms with van der Waals surface area (Å²) in [7, 11) is 0. The molecule has 2 aromatic rings. The Bertz CT molecular complexity index is 471. The van der Waals surface area contributed by atoms with Gasteiger partial charge < -0.3 is 14.9 Å². The second-order valence-electron chi connectivity index (χ2n) is 3.23. The van der Waals surface area contributed by atoms with Crippen molar-refractivity contribution in [2.45, 2.75) is 13.2 Å². The van der Waals surface area contributed by atoms with Crippen molar-refractivity contribution < 1.29 is 9.15 Å². The number of nitrogens with zero attached hydrogens (tertiary/aromatic N) is 1. The summed E-state index contributed by atoms with van der Waals surface area (Å²) in [4.78, 5) is 4.02. The van der Waals surface area contributed by atoms with Gasteiger partial charge in [0.05, 0.1) is 5.69 Å². The molecule has 2 rings (SSSR count). The van der Waals surface area contributed by atoms with Gasteiger partial charge in [-0.1, -0.05) is 23.7 Å². The van der Waals surface area contributed by atoms with E-state index in [-0.39, 0.29) is 6.08 Å². The van der Waals surface area contributed by atoms with Crippen LogP contribution in [0, 0.1) is 0 Å². The second kappa shape index (κ2) is 5.01. The third-order valence-electron chi connectivity index (χ3n) is 1.99. The molecule has 1 aromatic heterocycles. The maximum absolute atomic E-state index is 5.84. The summed E-state index contributed by atoms with van der Waals surface area (Å²) in [5.41, 5.74) is 7.02. The first kappa shape index (κ1) is 11.0. The number of ether oxygens (including phenoxy) is 1. The van der Waals surface area contributed by atoms with Gasteiger partial charge in [0.25, 0.3) is 0 Å². The minimum absolute atomic E-state index is 0.223. The predicted molar refractivity (Wildman–Crippen MR) is 60.2 cm³/mol. The maximum Gasteiger partial charge on any atom is 0.394 e. The molecular weight excluding hydrogens is 228 g/mol. The Hall–Kier alpha value is -1.52. The van der Waals surface area contributed by atoms with Gasteiger partial charge in [-0.2, -0.15) is 4.98 Å². The van der Waals surface area contributed by atoms with E-state index in [4.69, 9.17) is 26.5 Å². The van der Waals surface area contributed by atoms with E-state index >= 15 is 0 Å². The smallest absolute Gasteiger partial charge is 0.394 e. The molecule has 0 aliphatic rings. The molecule has 0 spiro atoms. The lowest BCUT2D eigenvalue weighted by Gasteiger charge is -2.01. The molecule has 5 heteroatoms. The van der Waals surface area contributed by atoms with Crippen molar-refractivity contribution in [3.8, 4) is 6.08 Å². The highest BCUT2D eigenvalue weighted by atomic mass is 35.5. The summed E-state index contributed by atoms with van der Waals surface area (Å²) >= 11 is 5.84. The Morgan fingerprint density at radius 2 is 2.31 bits per heavy atom. The fourth-order valence-electron chi connectivity index (χ4n) is 1.22. The number of halogens is 1. The summed E-state index contributed by atoms with van der Waals surface area (Å²) in [5, 5.41) is 0.677. The zero-order valence-electron chi connectivity index (χ0n) is 8.52. The first-order chi connectivity index (χ1) is 7.78. The minimum atomic E-state index is 0.223. The fourth-order valence-corrected chi connectivity index (χ4v) is 1.43. The number of aromatic nitrogens is 1. The summed E-state index contributed by atoms with van der Waals surface area (Å²) in [6, 6.07) is 7.41. The minimum Gasteiger partial charge on any atom is -0.445 e. The number of oxazole rings is 1. The molecule has 84 valence electrons. The Labute approximate surface area is 98.0 Å². The molecule has 4 nitrogen and oxygen atoms in total. The van der Waals surface area contributed by atoms with Crippen molar-refractivity contribution in [1.29, 1.82) is 0 Å². The van der Waals surface area contributed by atoms with Gasteiger partial charge >= 0.3 is 6.08 Å². The highest BCUT2D eigenvalue weighted by Crippen LogP contribution is 2.14. The molecule has 2 N–H and O–H groups in total. The molecule has 0 saturated carbocycles. The molecule has 0 radical (unpaired) electrons. The van der Waals surface area contributed by atoms with E-state index in [0.717, 1.165) is 5.56 Å². The van der Waals surface area contributed by atoms with Crippen molar-refractivity contribution >= 4 is 11.6 Å². The maximum atomic E-state index is 5.84. The number of benzene rings is 1. The number of nitrogens with two attached hydrogens (primary N) is 1. The Balaban J connectivity index is 1.96. The molecule has 1 aromatic carbocycles. The number of hydrogen-bond donors (Lipinski definition) is 1. The average Bonchev–Trinajstić information content (AvgIpc) is 2.74. The van der Waals surface area contributed by atoms with Gasteiger partial charge in [-0.3, -0.25) is 0 Å². The highest BCUT2D eigenvalue weighted by molar-refractivity contribution is 6.30. The topological polar surface area (TPSA) is 61.3 Å². The molecule has 0 fully saturated rings. The number of hydrogen-bond acceptors (Lipinski definition) is 4. The lowest BCUT2D eigenvalue weighted by molar-refractivity contribution is 0.220. The standard InChI is InChI=1S/C11H11ClN2O2/c12-9-3-1-2-8(4-9)6-15-11-14-10(5-13)7-16-11/h1-4,7H,5-6,13H2. The van der Waals surface area contributed by atoms with Crippen LogP contribution in [0.3, 0.4) is 0 Å². The first-order valence-corrected chi connectivity index (χ1v) is 5.17. The zero-order chi connectivity index (χ0) is 11.4. The Morgan fingerprint density at radius 3 is 3.00 bits per heavy atom. The van der Waals surface area contributed by atoms with Crippen molar-refractivity contribution in [2.75, 3.05) is 0 Å². The van der Waals surface area contributed by atoms with Crippen LogP contribution < -0.4 is 10.5 Å². The summed E-state index contributed by atoms with van der Waals surface area (Å²) < 4.78 is 10.4. The van der Waals surface area contributed by atoms with Gasteiger partial charge in [-0.25, -0.2) is 0 Å². The summed E-state index contributed by atoms with van der Waals surface area (Å²) in [5.74, 6) is 0. The third kappa shape index (κ3) is 2.74. The third-order valence-corrected chi connectivity index (χ3v) is 2.23. The quantitative estimate of drug-likeness (QED) is 0.888. The molecule has 0 aliphatic heterocycles. The van der Waals surface area contributed by atoms with Gasteiger partial charge in [0.1, 0.15) is 12.9 Å². The summed E-state index contributed by atoms with van der Waals surface area (Å²) in [6.07, 6.45) is 1.70. The monoisotopic (exact) mass is 238 g/mol. The van der Waals surface area contributed by atoms with Crippen LogP contribution >= 0.6 is 11.6 Å². The van der Waals surface area contributed by atoms with Crippen molar-refractivity contribution in [3.05, 3.63) is 46.8 Å². The molecule has 0 saturated heterocycles. The van der Waals surface area contributed by atoms with Gasteiger partial charge in [0.2, 0.25) is 0 Å². The van der Waals surface area contributed by atoms with Crippen molar-refractivity contribution in [1.82, 2.24) is 4.98 Å². The van der Waals surface area contributed by atoms with E-state index in [0.29, 0.717) is 23.9 Å². The normalized spacial score (nSPS) is 10.4. The van der Waals surface area contributed by atoms with E-state index in [1.54, 1.807) is 0 Å². The number of rotatable bonds is 4. The van der Waals surface area contributed by atoms with Crippen LogP contribution in [0.5, 0.6) is 6.08 Å². The molecular formula is C11H11ClN2O2. The van der Waals surface area contributed by atoms with E-state index in [1.165, 1.54) is 6.26 Å². The van der Waals surface area contributed by atoms with Crippen LogP contribution in [-0.4, -0.2) is 4.98 Å². The Kier molecular flexibility index (Phi) is 3.44. The molecule has 0 amide bonds. The molecule has 0 bridgehead atoms.